The maximum absolute atomic E-state index is 13.7. The molecule has 4 aromatic rings. The first-order chi connectivity index (χ1) is 27.9. The summed E-state index contributed by atoms with van der Waals surface area (Å²) in [6.45, 7) is 7.50. The zero-order chi connectivity index (χ0) is 43.1. The van der Waals surface area contributed by atoms with Crippen molar-refractivity contribution in [3.8, 4) is 5.75 Å². The molecule has 2 N–H and O–H groups in total. The molecule has 0 radical (unpaired) electrons. The van der Waals surface area contributed by atoms with Crippen LogP contribution in [0, 0.1) is 0 Å². The number of fused-ring (bicyclic) bond motifs is 4. The van der Waals surface area contributed by atoms with Gasteiger partial charge in [0.05, 0.1) is 25.8 Å². The Kier molecular flexibility index (Phi) is 14.6. The van der Waals surface area contributed by atoms with Gasteiger partial charge in [0.25, 0.3) is 0 Å². The molecule has 2 aromatic heterocycles. The minimum atomic E-state index is -4.94. The standard InChI is InChI=1S/C42H52N2O13S2/c1-4-6-8-10-22-43(23-11-9-7-5-2)28-15-17-30-34(26-28)56-41(49)37-38(47)31(40(48)57-39(30)37)18-20-35-42(3,21-12-14-36(45)46)32-27-29(59(53,54)55)16-19-33(32)44(35)24-13-25-58(50,51)52/h15-20,26-27H,4-14,21-25H2,1-3H3,(H3,45,46,50,51,52,53,54,55)/p-1. The molecule has 1 aliphatic rings. The van der Waals surface area contributed by atoms with Crippen LogP contribution in [0.25, 0.3) is 28.0 Å². The van der Waals surface area contributed by atoms with E-state index in [1.165, 1.54) is 24.3 Å². The van der Waals surface area contributed by atoms with Gasteiger partial charge in [-0.2, -0.15) is 4.58 Å². The van der Waals surface area contributed by atoms with E-state index in [0.717, 1.165) is 76.2 Å². The second-order valence-electron chi connectivity index (χ2n) is 15.2. The average Bonchev–Trinajstić information content (AvgIpc) is 3.38. The van der Waals surface area contributed by atoms with Gasteiger partial charge in [-0.1, -0.05) is 52.4 Å². The van der Waals surface area contributed by atoms with Gasteiger partial charge in [0, 0.05) is 61.1 Å². The fourth-order valence-corrected chi connectivity index (χ4v) is 8.85. The van der Waals surface area contributed by atoms with E-state index in [4.69, 9.17) is 8.83 Å². The van der Waals surface area contributed by atoms with Crippen LogP contribution in [-0.2, 0) is 30.4 Å². The molecule has 0 saturated carbocycles. The first-order valence-corrected chi connectivity index (χ1v) is 23.0. The lowest BCUT2D eigenvalue weighted by atomic mass is 9.75. The largest absolute Gasteiger partial charge is 0.748 e. The Labute approximate surface area is 343 Å². The number of nitrogens with zero attached hydrogens (tertiary/aromatic N) is 2. The van der Waals surface area contributed by atoms with Gasteiger partial charge in [-0.15, -0.1) is 0 Å². The third kappa shape index (κ3) is 10.7. The highest BCUT2D eigenvalue weighted by atomic mass is 32.2. The number of anilines is 1. The van der Waals surface area contributed by atoms with Crippen molar-refractivity contribution in [2.24, 2.45) is 0 Å². The Morgan fingerprint density at radius 3 is 2.15 bits per heavy atom. The lowest BCUT2D eigenvalue weighted by Gasteiger charge is -2.25. The summed E-state index contributed by atoms with van der Waals surface area (Å²) in [6.07, 6.45) is 10.9. The van der Waals surface area contributed by atoms with Crippen LogP contribution in [0.4, 0.5) is 11.4 Å². The van der Waals surface area contributed by atoms with E-state index >= 15 is 0 Å². The Balaban J connectivity index is 1.61. The third-order valence-electron chi connectivity index (χ3n) is 10.9. The normalized spacial score (nSPS) is 15.8. The van der Waals surface area contributed by atoms with Crippen molar-refractivity contribution in [2.45, 2.75) is 108 Å². The van der Waals surface area contributed by atoms with Crippen LogP contribution in [0.2, 0.25) is 0 Å². The number of benzene rings is 2. The maximum atomic E-state index is 13.7. The summed E-state index contributed by atoms with van der Waals surface area (Å²) in [4.78, 5) is 40.4. The molecule has 1 atom stereocenters. The van der Waals surface area contributed by atoms with Crippen LogP contribution in [0.5, 0.6) is 5.75 Å². The van der Waals surface area contributed by atoms with Crippen LogP contribution < -0.4 is 16.2 Å². The predicted molar refractivity (Wildman–Crippen MR) is 222 cm³/mol. The molecule has 1 unspecified atom stereocenters. The summed E-state index contributed by atoms with van der Waals surface area (Å²) in [5, 5.41) is 20.8. The molecule has 0 fully saturated rings. The quantitative estimate of drug-likeness (QED) is 0.0274. The molecule has 59 heavy (non-hydrogen) atoms. The van der Waals surface area contributed by atoms with E-state index in [2.05, 4.69) is 18.7 Å². The van der Waals surface area contributed by atoms with Crippen LogP contribution >= 0.6 is 0 Å². The summed E-state index contributed by atoms with van der Waals surface area (Å²) >= 11 is 0. The number of allylic oxidation sites excluding steroid dienone is 1. The second-order valence-corrected chi connectivity index (χ2v) is 18.1. The van der Waals surface area contributed by atoms with Crippen LogP contribution in [0.1, 0.15) is 109 Å². The average molecular weight is 856 g/mol. The van der Waals surface area contributed by atoms with Crippen molar-refractivity contribution in [1.29, 1.82) is 0 Å². The molecule has 0 bridgehead atoms. The molecule has 0 amide bonds. The van der Waals surface area contributed by atoms with Crippen molar-refractivity contribution in [2.75, 3.05) is 30.3 Å². The second kappa shape index (κ2) is 19.0. The molecule has 320 valence electrons. The smallest absolute Gasteiger partial charge is 0.351 e. The summed E-state index contributed by atoms with van der Waals surface area (Å²) < 4.78 is 83.8. The van der Waals surface area contributed by atoms with Crippen molar-refractivity contribution < 1.29 is 54.4 Å². The number of unbranched alkanes of at least 4 members (excludes halogenated alkanes) is 6. The molecule has 17 heteroatoms. The van der Waals surface area contributed by atoms with E-state index in [0.29, 0.717) is 22.3 Å². The number of carboxylic acids is 1. The zero-order valence-electron chi connectivity index (χ0n) is 33.5. The molecule has 1 aliphatic heterocycles. The van der Waals surface area contributed by atoms with Gasteiger partial charge in [-0.3, -0.25) is 4.79 Å². The van der Waals surface area contributed by atoms with Gasteiger partial charge >= 0.3 is 17.2 Å². The van der Waals surface area contributed by atoms with Crippen LogP contribution in [-0.4, -0.2) is 77.8 Å². The first kappa shape index (κ1) is 45.2. The number of hydrogen-bond acceptors (Lipinski definition) is 13. The number of rotatable bonds is 22. The third-order valence-corrected chi connectivity index (χ3v) is 12.5. The summed E-state index contributed by atoms with van der Waals surface area (Å²) in [6, 6.07) is 8.88. The van der Waals surface area contributed by atoms with Gasteiger partial charge in [0.2, 0.25) is 5.69 Å². The Hall–Kier alpha value is -4.84. The van der Waals surface area contributed by atoms with Crippen molar-refractivity contribution in [3.05, 3.63) is 74.4 Å². The Morgan fingerprint density at radius 2 is 1.54 bits per heavy atom. The SMILES string of the molecule is CCCCCCN(CCCCCC)c1ccc2c(c1)oc(=O)c1c(O)c(/C=C/C3=[N+](CCCS(=O)(=O)[O-])c4ccc(S(=O)(=O)[O-])cc4C3(C)CCCC(=O)O)c(=O)oc12. The van der Waals surface area contributed by atoms with Gasteiger partial charge < -0.3 is 33.1 Å². The first-order valence-electron chi connectivity index (χ1n) is 20.0. The lowest BCUT2D eigenvalue weighted by molar-refractivity contribution is -0.437. The number of aromatic hydroxyl groups is 1. The van der Waals surface area contributed by atoms with Crippen LogP contribution in [0.15, 0.2) is 65.8 Å². The van der Waals surface area contributed by atoms with Crippen molar-refractivity contribution in [3.63, 3.8) is 0 Å². The van der Waals surface area contributed by atoms with Gasteiger partial charge in [0.15, 0.2) is 11.3 Å². The highest BCUT2D eigenvalue weighted by Gasteiger charge is 2.47. The van der Waals surface area contributed by atoms with E-state index in [1.807, 2.05) is 6.07 Å². The van der Waals surface area contributed by atoms with E-state index < -0.39 is 64.8 Å². The van der Waals surface area contributed by atoms with Crippen molar-refractivity contribution in [1.82, 2.24) is 0 Å². The lowest BCUT2D eigenvalue weighted by Crippen LogP contribution is -2.32. The zero-order valence-corrected chi connectivity index (χ0v) is 35.2. The van der Waals surface area contributed by atoms with E-state index in [-0.39, 0.29) is 48.8 Å². The highest BCUT2D eigenvalue weighted by molar-refractivity contribution is 7.86. The molecule has 0 aliphatic carbocycles. The molecule has 2 aromatic carbocycles. The maximum Gasteiger partial charge on any atom is 0.351 e. The Bertz CT molecular complexity index is 2600. The molecular weight excluding hydrogens is 805 g/mol. The van der Waals surface area contributed by atoms with Gasteiger partial charge in [-0.05, 0) is 62.9 Å². The molecule has 0 saturated heterocycles. The summed E-state index contributed by atoms with van der Waals surface area (Å²) in [7, 11) is -9.58. The molecule has 15 nitrogen and oxygen atoms in total. The van der Waals surface area contributed by atoms with Crippen molar-refractivity contribution >= 4 is 71.3 Å². The molecule has 0 spiro atoms. The molecule has 3 heterocycles. The Morgan fingerprint density at radius 1 is 0.864 bits per heavy atom. The monoisotopic (exact) mass is 855 g/mol. The van der Waals surface area contributed by atoms with Crippen LogP contribution in [0.3, 0.4) is 0 Å². The molecular formula is C42H51N2O13S2-. The topological polar surface area (TPSA) is 239 Å². The number of hydrogen-bond donors (Lipinski definition) is 2. The minimum Gasteiger partial charge on any atom is -0.748 e. The summed E-state index contributed by atoms with van der Waals surface area (Å²) in [5.41, 5.74) is -1.86. The number of carboxylic acid groups (broad SMARTS) is 1. The minimum absolute atomic E-state index is 0.0778. The van der Waals surface area contributed by atoms with E-state index in [1.54, 1.807) is 23.6 Å². The predicted octanol–water partition coefficient (Wildman–Crippen LogP) is 6.74. The van der Waals surface area contributed by atoms with Gasteiger partial charge in [0.1, 0.15) is 38.9 Å². The number of carbonyl (C=O) groups is 1. The number of aliphatic carboxylic acids is 1. The highest BCUT2D eigenvalue weighted by Crippen LogP contribution is 2.45. The summed E-state index contributed by atoms with van der Waals surface area (Å²) in [5.74, 6) is -2.57. The fraction of sp³-hybridized carbons (Fsp3) is 0.476. The van der Waals surface area contributed by atoms with E-state index in [9.17, 15) is 50.5 Å². The fourth-order valence-electron chi connectivity index (χ4n) is 7.87. The van der Waals surface area contributed by atoms with Gasteiger partial charge in [-0.25, -0.2) is 26.4 Å². The molecule has 5 rings (SSSR count).